The molecule has 1 nitrogen and oxygen atoms in total. The minimum Gasteiger partial charge on any atom is -0.289 e. The summed E-state index contributed by atoms with van der Waals surface area (Å²) in [6.07, 6.45) is 2.76. The van der Waals surface area contributed by atoms with Gasteiger partial charge in [0.1, 0.15) is 0 Å². The molecule has 102 valence electrons. The van der Waals surface area contributed by atoms with Crippen molar-refractivity contribution < 1.29 is 13.6 Å². The molecule has 0 aliphatic rings. The van der Waals surface area contributed by atoms with Crippen molar-refractivity contribution in [2.24, 2.45) is 0 Å². The van der Waals surface area contributed by atoms with Crippen molar-refractivity contribution in [3.8, 4) is 0 Å². The van der Waals surface area contributed by atoms with Gasteiger partial charge in [0.2, 0.25) is 0 Å². The summed E-state index contributed by atoms with van der Waals surface area (Å²) in [7, 11) is 0. The van der Waals surface area contributed by atoms with Crippen LogP contribution >= 0.6 is 31.9 Å². The monoisotopic (exact) mass is 400 g/mol. The Kier molecular flexibility index (Phi) is 4.83. The van der Waals surface area contributed by atoms with Crippen LogP contribution in [0.3, 0.4) is 0 Å². The molecule has 0 fully saturated rings. The van der Waals surface area contributed by atoms with Crippen LogP contribution in [0.5, 0.6) is 0 Å². The van der Waals surface area contributed by atoms with E-state index in [-0.39, 0.29) is 10.3 Å². The Labute approximate surface area is 131 Å². The van der Waals surface area contributed by atoms with Gasteiger partial charge in [-0.1, -0.05) is 34.1 Å². The molecule has 2 aromatic rings. The predicted octanol–water partition coefficient (Wildman–Crippen LogP) is 5.39. The lowest BCUT2D eigenvalue weighted by Crippen LogP contribution is -1.95. The zero-order valence-corrected chi connectivity index (χ0v) is 13.2. The number of carbonyl (C=O) groups excluding carboxylic acids is 1. The van der Waals surface area contributed by atoms with Crippen LogP contribution in [0, 0.1) is 11.6 Å². The first-order valence-electron chi connectivity index (χ1n) is 5.61. The maximum atomic E-state index is 13.4. The van der Waals surface area contributed by atoms with Crippen molar-refractivity contribution >= 4 is 43.7 Å². The number of hydrogen-bond donors (Lipinski definition) is 0. The van der Waals surface area contributed by atoms with E-state index in [1.807, 2.05) is 0 Å². The SMILES string of the molecule is O=C(/C=C/c1ccc(F)c(F)c1Br)c1ccccc1Br. The summed E-state index contributed by atoms with van der Waals surface area (Å²) in [5, 5.41) is 0. The first-order valence-corrected chi connectivity index (χ1v) is 7.19. The fraction of sp³-hybridized carbons (Fsp3) is 0. The maximum absolute atomic E-state index is 13.4. The van der Waals surface area contributed by atoms with Crippen LogP contribution in [-0.2, 0) is 0 Å². The smallest absolute Gasteiger partial charge is 0.186 e. The van der Waals surface area contributed by atoms with Gasteiger partial charge >= 0.3 is 0 Å². The topological polar surface area (TPSA) is 17.1 Å². The largest absolute Gasteiger partial charge is 0.289 e. The van der Waals surface area contributed by atoms with Crippen LogP contribution in [0.1, 0.15) is 15.9 Å². The molecule has 5 heteroatoms. The molecular formula is C15H8Br2F2O. The number of ketones is 1. The second kappa shape index (κ2) is 6.41. The van der Waals surface area contributed by atoms with E-state index in [0.717, 1.165) is 6.07 Å². The summed E-state index contributed by atoms with van der Waals surface area (Å²) >= 11 is 6.25. The zero-order valence-electron chi connectivity index (χ0n) is 10.0. The van der Waals surface area contributed by atoms with Crippen LogP contribution in [-0.4, -0.2) is 5.78 Å². The van der Waals surface area contributed by atoms with Gasteiger partial charge in [0.15, 0.2) is 17.4 Å². The third-order valence-corrected chi connectivity index (χ3v) is 4.12. The van der Waals surface area contributed by atoms with Crippen LogP contribution < -0.4 is 0 Å². The molecule has 0 aliphatic heterocycles. The minimum atomic E-state index is -0.972. The second-order valence-corrected chi connectivity index (χ2v) is 5.59. The van der Waals surface area contributed by atoms with Gasteiger partial charge in [-0.05, 0) is 51.8 Å². The van der Waals surface area contributed by atoms with Crippen LogP contribution in [0.4, 0.5) is 8.78 Å². The van der Waals surface area contributed by atoms with E-state index in [1.54, 1.807) is 24.3 Å². The molecule has 2 aromatic carbocycles. The van der Waals surface area contributed by atoms with Crippen LogP contribution in [0.2, 0.25) is 0 Å². The van der Waals surface area contributed by atoms with E-state index in [4.69, 9.17) is 0 Å². The van der Waals surface area contributed by atoms with Gasteiger partial charge in [-0.2, -0.15) is 0 Å². The maximum Gasteiger partial charge on any atom is 0.186 e. The minimum absolute atomic E-state index is 0.00585. The van der Waals surface area contributed by atoms with E-state index >= 15 is 0 Å². The molecule has 0 unspecified atom stereocenters. The van der Waals surface area contributed by atoms with Crippen LogP contribution in [0.15, 0.2) is 51.4 Å². The highest BCUT2D eigenvalue weighted by Gasteiger charge is 2.10. The summed E-state index contributed by atoms with van der Waals surface area (Å²) in [6, 6.07) is 9.40. The lowest BCUT2D eigenvalue weighted by atomic mass is 10.1. The Hall–Kier alpha value is -1.33. The van der Waals surface area contributed by atoms with E-state index < -0.39 is 11.6 Å². The van der Waals surface area contributed by atoms with Crippen molar-refractivity contribution in [2.75, 3.05) is 0 Å². The highest BCUT2D eigenvalue weighted by molar-refractivity contribution is 9.10. The molecular weight excluding hydrogens is 394 g/mol. The molecule has 0 N–H and O–H groups in total. The highest BCUT2D eigenvalue weighted by atomic mass is 79.9. The molecule has 2 rings (SSSR count). The fourth-order valence-corrected chi connectivity index (χ4v) is 2.52. The Morgan fingerprint density at radius 2 is 1.75 bits per heavy atom. The molecule has 20 heavy (non-hydrogen) atoms. The van der Waals surface area contributed by atoms with Gasteiger partial charge in [-0.25, -0.2) is 8.78 Å². The lowest BCUT2D eigenvalue weighted by molar-refractivity contribution is 0.104. The highest BCUT2D eigenvalue weighted by Crippen LogP contribution is 2.24. The first-order chi connectivity index (χ1) is 9.50. The Bertz CT molecular complexity index is 696. The number of carbonyl (C=O) groups is 1. The van der Waals surface area contributed by atoms with Crippen molar-refractivity contribution in [1.29, 1.82) is 0 Å². The molecule has 0 saturated carbocycles. The molecule has 0 atom stereocenters. The molecule has 0 spiro atoms. The summed E-state index contributed by atoms with van der Waals surface area (Å²) in [4.78, 5) is 12.0. The molecule has 0 aromatic heterocycles. The summed E-state index contributed by atoms with van der Waals surface area (Å²) < 4.78 is 27.0. The molecule has 0 saturated heterocycles. The fourth-order valence-electron chi connectivity index (χ4n) is 1.59. The predicted molar refractivity (Wildman–Crippen MR) is 81.6 cm³/mol. The number of halogens is 4. The van der Waals surface area contributed by atoms with Crippen molar-refractivity contribution in [3.05, 3.63) is 74.2 Å². The number of hydrogen-bond acceptors (Lipinski definition) is 1. The Morgan fingerprint density at radius 1 is 1.05 bits per heavy atom. The van der Waals surface area contributed by atoms with Gasteiger partial charge in [0, 0.05) is 10.0 Å². The van der Waals surface area contributed by atoms with E-state index in [0.29, 0.717) is 15.6 Å². The van der Waals surface area contributed by atoms with Gasteiger partial charge in [-0.3, -0.25) is 4.79 Å². The first kappa shape index (κ1) is 15.1. The average molecular weight is 402 g/mol. The molecule has 0 amide bonds. The van der Waals surface area contributed by atoms with Crippen LogP contribution in [0.25, 0.3) is 6.08 Å². The third kappa shape index (κ3) is 3.22. The van der Waals surface area contributed by atoms with E-state index in [1.165, 1.54) is 18.2 Å². The molecule has 0 heterocycles. The van der Waals surface area contributed by atoms with E-state index in [9.17, 15) is 13.6 Å². The number of allylic oxidation sites excluding steroid dienone is 1. The van der Waals surface area contributed by atoms with Crippen molar-refractivity contribution in [3.63, 3.8) is 0 Å². The molecule has 0 bridgehead atoms. The summed E-state index contributed by atoms with van der Waals surface area (Å²) in [5.74, 6) is -2.14. The van der Waals surface area contributed by atoms with Crippen molar-refractivity contribution in [2.45, 2.75) is 0 Å². The van der Waals surface area contributed by atoms with Gasteiger partial charge < -0.3 is 0 Å². The standard InChI is InChI=1S/C15H8Br2F2O/c16-11-4-2-1-3-10(11)13(20)8-6-9-5-7-12(18)15(19)14(9)17/h1-8H/b8-6+. The Morgan fingerprint density at radius 3 is 2.45 bits per heavy atom. The summed E-state index contributed by atoms with van der Waals surface area (Å²) in [6.45, 7) is 0. The summed E-state index contributed by atoms with van der Waals surface area (Å²) in [5.41, 5.74) is 0.895. The normalized spacial score (nSPS) is 11.0. The Balaban J connectivity index is 2.29. The van der Waals surface area contributed by atoms with Crippen molar-refractivity contribution in [1.82, 2.24) is 0 Å². The molecule has 0 radical (unpaired) electrons. The third-order valence-electron chi connectivity index (χ3n) is 2.62. The zero-order chi connectivity index (χ0) is 14.7. The average Bonchev–Trinajstić information content (AvgIpc) is 2.44. The van der Waals surface area contributed by atoms with Gasteiger partial charge in [-0.15, -0.1) is 0 Å². The number of rotatable bonds is 3. The number of benzene rings is 2. The van der Waals surface area contributed by atoms with Gasteiger partial charge in [0.25, 0.3) is 0 Å². The lowest BCUT2D eigenvalue weighted by Gasteiger charge is -2.02. The quantitative estimate of drug-likeness (QED) is 0.383. The second-order valence-electron chi connectivity index (χ2n) is 3.94. The molecule has 0 aliphatic carbocycles. The van der Waals surface area contributed by atoms with Gasteiger partial charge in [0.05, 0.1) is 4.47 Å². The van der Waals surface area contributed by atoms with E-state index in [2.05, 4.69) is 31.9 Å².